The van der Waals surface area contributed by atoms with Crippen LogP contribution >= 0.6 is 0 Å². The van der Waals surface area contributed by atoms with Crippen molar-refractivity contribution in [3.63, 3.8) is 0 Å². The van der Waals surface area contributed by atoms with E-state index in [0.29, 0.717) is 19.4 Å². The van der Waals surface area contributed by atoms with Crippen LogP contribution in [0.15, 0.2) is 0 Å². The first-order valence-electron chi connectivity index (χ1n) is 4.89. The standard InChI is InChI=1S/C9H18F2N2/c1-7(12)6-13-8-4-2-3-5-9(8,10)11/h7-8,13H,2-6,12H2,1H3. The molecule has 1 fully saturated rings. The van der Waals surface area contributed by atoms with Gasteiger partial charge in [0.15, 0.2) is 0 Å². The summed E-state index contributed by atoms with van der Waals surface area (Å²) >= 11 is 0. The maximum absolute atomic E-state index is 13.2. The van der Waals surface area contributed by atoms with Gasteiger partial charge in [-0.1, -0.05) is 6.42 Å². The van der Waals surface area contributed by atoms with E-state index in [1.807, 2.05) is 6.92 Å². The minimum Gasteiger partial charge on any atom is -0.327 e. The molecule has 0 radical (unpaired) electrons. The van der Waals surface area contributed by atoms with Gasteiger partial charge in [-0.3, -0.25) is 0 Å². The quantitative estimate of drug-likeness (QED) is 0.711. The second kappa shape index (κ2) is 4.33. The molecule has 1 aliphatic rings. The zero-order valence-corrected chi connectivity index (χ0v) is 8.02. The predicted octanol–water partition coefficient (Wildman–Crippen LogP) is 1.50. The molecule has 1 saturated carbocycles. The molecule has 0 aromatic carbocycles. The van der Waals surface area contributed by atoms with Crippen molar-refractivity contribution in [2.45, 2.75) is 50.6 Å². The summed E-state index contributed by atoms with van der Waals surface area (Å²) in [6.07, 6.45) is 2.12. The predicted molar refractivity (Wildman–Crippen MR) is 48.9 cm³/mol. The van der Waals surface area contributed by atoms with Crippen LogP contribution in [-0.4, -0.2) is 24.6 Å². The lowest BCUT2D eigenvalue weighted by Crippen LogP contribution is -2.49. The molecule has 0 heterocycles. The van der Waals surface area contributed by atoms with Gasteiger partial charge >= 0.3 is 0 Å². The largest absolute Gasteiger partial charge is 0.327 e. The Hall–Kier alpha value is -0.220. The van der Waals surface area contributed by atoms with E-state index in [2.05, 4.69) is 5.32 Å². The molecule has 2 atom stereocenters. The van der Waals surface area contributed by atoms with Crippen LogP contribution in [-0.2, 0) is 0 Å². The molecular weight excluding hydrogens is 174 g/mol. The van der Waals surface area contributed by atoms with Crippen molar-refractivity contribution in [1.82, 2.24) is 5.32 Å². The number of halogens is 2. The van der Waals surface area contributed by atoms with Crippen molar-refractivity contribution in [2.75, 3.05) is 6.54 Å². The molecule has 3 N–H and O–H groups in total. The molecule has 0 spiro atoms. The first-order valence-corrected chi connectivity index (χ1v) is 4.89. The van der Waals surface area contributed by atoms with Gasteiger partial charge in [0.25, 0.3) is 5.92 Å². The first kappa shape index (κ1) is 10.9. The molecule has 0 aromatic rings. The highest BCUT2D eigenvalue weighted by Crippen LogP contribution is 2.33. The highest BCUT2D eigenvalue weighted by Gasteiger charge is 2.40. The Labute approximate surface area is 77.9 Å². The van der Waals surface area contributed by atoms with Gasteiger partial charge in [-0.25, -0.2) is 8.78 Å². The van der Waals surface area contributed by atoms with Crippen molar-refractivity contribution in [2.24, 2.45) is 5.73 Å². The third-order valence-corrected chi connectivity index (χ3v) is 2.45. The zero-order chi connectivity index (χ0) is 9.90. The highest BCUT2D eigenvalue weighted by molar-refractivity contribution is 4.87. The average molecular weight is 192 g/mol. The Balaban J connectivity index is 2.37. The molecule has 2 unspecified atom stereocenters. The maximum Gasteiger partial charge on any atom is 0.263 e. The molecule has 78 valence electrons. The molecule has 0 bridgehead atoms. The third kappa shape index (κ3) is 3.19. The van der Waals surface area contributed by atoms with Crippen molar-refractivity contribution >= 4 is 0 Å². The van der Waals surface area contributed by atoms with Crippen LogP contribution in [0.5, 0.6) is 0 Å². The van der Waals surface area contributed by atoms with Gasteiger partial charge in [0.2, 0.25) is 0 Å². The van der Waals surface area contributed by atoms with E-state index in [1.54, 1.807) is 0 Å². The van der Waals surface area contributed by atoms with E-state index in [4.69, 9.17) is 5.73 Å². The van der Waals surface area contributed by atoms with Crippen molar-refractivity contribution in [1.29, 1.82) is 0 Å². The minimum atomic E-state index is -2.53. The maximum atomic E-state index is 13.2. The second-order valence-electron chi connectivity index (χ2n) is 3.94. The molecule has 2 nitrogen and oxygen atoms in total. The summed E-state index contributed by atoms with van der Waals surface area (Å²) in [5.74, 6) is -2.53. The van der Waals surface area contributed by atoms with Crippen molar-refractivity contribution in [3.8, 4) is 0 Å². The summed E-state index contributed by atoms with van der Waals surface area (Å²) < 4.78 is 26.4. The van der Waals surface area contributed by atoms with Gasteiger partial charge in [0.05, 0.1) is 6.04 Å². The Kier molecular flexibility index (Phi) is 3.62. The van der Waals surface area contributed by atoms with Gasteiger partial charge in [-0.2, -0.15) is 0 Å². The molecule has 13 heavy (non-hydrogen) atoms. The van der Waals surface area contributed by atoms with E-state index >= 15 is 0 Å². The van der Waals surface area contributed by atoms with E-state index in [-0.39, 0.29) is 12.5 Å². The fourth-order valence-corrected chi connectivity index (χ4v) is 1.67. The van der Waals surface area contributed by atoms with Crippen LogP contribution in [0.2, 0.25) is 0 Å². The molecule has 0 aliphatic heterocycles. The van der Waals surface area contributed by atoms with E-state index in [9.17, 15) is 8.78 Å². The Bertz CT molecular complexity index is 160. The molecule has 4 heteroatoms. The van der Waals surface area contributed by atoms with Crippen LogP contribution in [0.4, 0.5) is 8.78 Å². The van der Waals surface area contributed by atoms with Gasteiger partial charge in [0.1, 0.15) is 0 Å². The summed E-state index contributed by atoms with van der Waals surface area (Å²) in [6, 6.07) is -0.718. The smallest absolute Gasteiger partial charge is 0.263 e. The summed E-state index contributed by atoms with van der Waals surface area (Å²) in [5.41, 5.74) is 5.49. The fraction of sp³-hybridized carbons (Fsp3) is 1.00. The molecule has 0 saturated heterocycles. The first-order chi connectivity index (χ1) is 6.02. The SMILES string of the molecule is CC(N)CNC1CCCCC1(F)F. The summed E-state index contributed by atoms with van der Waals surface area (Å²) in [6.45, 7) is 2.29. The topological polar surface area (TPSA) is 38.0 Å². The van der Waals surface area contributed by atoms with Gasteiger partial charge in [0, 0.05) is 19.0 Å². The van der Waals surface area contributed by atoms with Crippen LogP contribution in [0, 0.1) is 0 Å². The van der Waals surface area contributed by atoms with Crippen LogP contribution in [0.1, 0.15) is 32.6 Å². The molecule has 1 rings (SSSR count). The van der Waals surface area contributed by atoms with Crippen LogP contribution < -0.4 is 11.1 Å². The van der Waals surface area contributed by atoms with E-state index in [0.717, 1.165) is 6.42 Å². The highest BCUT2D eigenvalue weighted by atomic mass is 19.3. The number of nitrogens with one attached hydrogen (secondary N) is 1. The fourth-order valence-electron chi connectivity index (χ4n) is 1.67. The lowest BCUT2D eigenvalue weighted by Gasteiger charge is -2.32. The third-order valence-electron chi connectivity index (χ3n) is 2.45. The van der Waals surface area contributed by atoms with Gasteiger partial charge < -0.3 is 11.1 Å². The average Bonchev–Trinajstić information content (AvgIpc) is 2.01. The summed E-state index contributed by atoms with van der Waals surface area (Å²) in [5, 5.41) is 2.84. The number of nitrogens with two attached hydrogens (primary N) is 1. The van der Waals surface area contributed by atoms with Crippen molar-refractivity contribution in [3.05, 3.63) is 0 Å². The van der Waals surface area contributed by atoms with Crippen LogP contribution in [0.3, 0.4) is 0 Å². The number of hydrogen-bond donors (Lipinski definition) is 2. The number of alkyl halides is 2. The van der Waals surface area contributed by atoms with Crippen LogP contribution in [0.25, 0.3) is 0 Å². The van der Waals surface area contributed by atoms with Crippen molar-refractivity contribution < 1.29 is 8.78 Å². The monoisotopic (exact) mass is 192 g/mol. The summed E-state index contributed by atoms with van der Waals surface area (Å²) in [4.78, 5) is 0. The van der Waals surface area contributed by atoms with E-state index < -0.39 is 12.0 Å². The van der Waals surface area contributed by atoms with Gasteiger partial charge in [-0.05, 0) is 19.8 Å². The second-order valence-corrected chi connectivity index (χ2v) is 3.94. The number of rotatable bonds is 3. The Morgan fingerprint density at radius 2 is 2.23 bits per heavy atom. The number of hydrogen-bond acceptors (Lipinski definition) is 2. The normalized spacial score (nSPS) is 30.0. The Morgan fingerprint density at radius 3 is 2.77 bits per heavy atom. The molecule has 0 aromatic heterocycles. The molecule has 1 aliphatic carbocycles. The molecular formula is C9H18F2N2. The van der Waals surface area contributed by atoms with Gasteiger partial charge in [-0.15, -0.1) is 0 Å². The minimum absolute atomic E-state index is 0.0175. The lowest BCUT2D eigenvalue weighted by molar-refractivity contribution is -0.0635. The lowest BCUT2D eigenvalue weighted by atomic mass is 9.91. The Morgan fingerprint density at radius 1 is 1.54 bits per heavy atom. The zero-order valence-electron chi connectivity index (χ0n) is 8.02. The summed E-state index contributed by atoms with van der Waals surface area (Å²) in [7, 11) is 0. The molecule has 0 amide bonds. The van der Waals surface area contributed by atoms with E-state index in [1.165, 1.54) is 0 Å².